The number of nitrogens with two attached hydrogens (primary N) is 1. The Labute approximate surface area is 224 Å². The number of ether oxygens (including phenoxy) is 1. The van der Waals surface area contributed by atoms with Gasteiger partial charge in [0, 0.05) is 23.0 Å². The van der Waals surface area contributed by atoms with Crippen molar-refractivity contribution in [2.24, 2.45) is 16.6 Å². The van der Waals surface area contributed by atoms with Gasteiger partial charge in [-0.2, -0.15) is 5.10 Å². The highest BCUT2D eigenvalue weighted by molar-refractivity contribution is 5.99. The number of benzene rings is 2. The van der Waals surface area contributed by atoms with Gasteiger partial charge in [-0.05, 0) is 79.7 Å². The van der Waals surface area contributed by atoms with Gasteiger partial charge in [-0.1, -0.05) is 49.6 Å². The molecular formula is C31H35N5O2. The predicted molar refractivity (Wildman–Crippen MR) is 155 cm³/mol. The summed E-state index contributed by atoms with van der Waals surface area (Å²) in [6.45, 7) is 12.7. The minimum absolute atomic E-state index is 0.173. The first-order chi connectivity index (χ1) is 18.4. The van der Waals surface area contributed by atoms with E-state index in [1.807, 2.05) is 55.5 Å². The van der Waals surface area contributed by atoms with Crippen LogP contribution in [0.3, 0.4) is 0 Å². The fourth-order valence-electron chi connectivity index (χ4n) is 4.31. The number of allylic oxidation sites excluding steroid dienone is 1. The van der Waals surface area contributed by atoms with Crippen LogP contribution in [0, 0.1) is 5.92 Å². The summed E-state index contributed by atoms with van der Waals surface area (Å²) in [5.74, 6) is 1.22. The Morgan fingerprint density at radius 3 is 2.68 bits per heavy atom. The fraction of sp³-hybridized carbons (Fsp3) is 0.258. The molecule has 0 unspecified atom stereocenters. The van der Waals surface area contributed by atoms with Gasteiger partial charge < -0.3 is 15.8 Å². The van der Waals surface area contributed by atoms with E-state index in [2.05, 4.69) is 28.6 Å². The lowest BCUT2D eigenvalue weighted by atomic mass is 9.99. The molecule has 0 spiro atoms. The van der Waals surface area contributed by atoms with Gasteiger partial charge in [0.25, 0.3) is 5.56 Å². The monoisotopic (exact) mass is 509 g/mol. The number of piperidine rings is 1. The number of aromatic nitrogens is 2. The summed E-state index contributed by atoms with van der Waals surface area (Å²) in [4.78, 5) is 17.2. The van der Waals surface area contributed by atoms with Crippen LogP contribution in [-0.2, 0) is 11.3 Å². The first-order valence-electron chi connectivity index (χ1n) is 12.9. The van der Waals surface area contributed by atoms with E-state index in [0.29, 0.717) is 36.2 Å². The molecule has 0 amide bonds. The summed E-state index contributed by atoms with van der Waals surface area (Å²) in [7, 11) is 0. The quantitative estimate of drug-likeness (QED) is 0.234. The number of aliphatic imine (C=N–C) groups is 1. The zero-order valence-electron chi connectivity index (χ0n) is 21.9. The van der Waals surface area contributed by atoms with Crippen molar-refractivity contribution in [3.8, 4) is 11.3 Å². The highest BCUT2D eigenvalue weighted by Gasteiger charge is 2.13. The molecule has 0 atom stereocenters. The molecule has 0 bridgehead atoms. The van der Waals surface area contributed by atoms with Gasteiger partial charge >= 0.3 is 0 Å². The van der Waals surface area contributed by atoms with Crippen LogP contribution in [0.1, 0.15) is 36.5 Å². The molecule has 3 N–H and O–H groups in total. The molecule has 196 valence electrons. The molecule has 1 aromatic heterocycles. The largest absolute Gasteiger partial charge is 0.492 e. The van der Waals surface area contributed by atoms with Crippen LogP contribution in [0.15, 0.2) is 102 Å². The molecule has 3 aromatic rings. The summed E-state index contributed by atoms with van der Waals surface area (Å²) in [5.41, 5.74) is 11.3. The average molecular weight is 510 g/mol. The molecule has 4 rings (SSSR count). The Bertz CT molecular complexity index is 1410. The zero-order valence-corrected chi connectivity index (χ0v) is 21.9. The van der Waals surface area contributed by atoms with E-state index < -0.39 is 0 Å². The Kier molecular flexibility index (Phi) is 9.06. The molecule has 1 saturated heterocycles. The molecule has 7 heteroatoms. The highest BCUT2D eigenvalue weighted by atomic mass is 16.5. The van der Waals surface area contributed by atoms with Crippen molar-refractivity contribution in [1.29, 1.82) is 0 Å². The van der Waals surface area contributed by atoms with E-state index in [9.17, 15) is 4.79 Å². The molecule has 38 heavy (non-hydrogen) atoms. The standard InChI is InChI=1S/C31H35N5O2/c1-4-29(38-21-24-13-15-33-16-14-24)19-34-23(3)27-9-5-7-25(17-27)20-36-31(37)12-11-30(35-36)28-10-6-8-26(18-28)22(2)32/h4-12,17-19,24,33H,1-2,13-16,20-21,32H2,3H3/b29-19+,34-23?. The summed E-state index contributed by atoms with van der Waals surface area (Å²) in [5, 5.41) is 7.98. The maximum Gasteiger partial charge on any atom is 0.267 e. The third-order valence-corrected chi connectivity index (χ3v) is 6.60. The number of hydrogen-bond donors (Lipinski definition) is 2. The van der Waals surface area contributed by atoms with Gasteiger partial charge in [-0.15, -0.1) is 0 Å². The van der Waals surface area contributed by atoms with Crippen LogP contribution in [0.5, 0.6) is 0 Å². The Morgan fingerprint density at radius 1 is 1.16 bits per heavy atom. The molecule has 0 radical (unpaired) electrons. The van der Waals surface area contributed by atoms with E-state index >= 15 is 0 Å². The SMILES string of the molecule is C=C/C(=C\N=C(C)c1cccc(Cn2nc(-c3cccc(C(=C)N)c3)ccc2=O)c1)OCC1CCNCC1. The first-order valence-corrected chi connectivity index (χ1v) is 12.9. The van der Waals surface area contributed by atoms with Crippen molar-refractivity contribution in [2.45, 2.75) is 26.3 Å². The van der Waals surface area contributed by atoms with Crippen LogP contribution in [0.2, 0.25) is 0 Å². The summed E-state index contributed by atoms with van der Waals surface area (Å²) < 4.78 is 7.42. The van der Waals surface area contributed by atoms with Gasteiger partial charge in [0.2, 0.25) is 0 Å². The fourth-order valence-corrected chi connectivity index (χ4v) is 4.31. The number of rotatable bonds is 10. The molecular weight excluding hydrogens is 474 g/mol. The molecule has 0 aliphatic carbocycles. The molecule has 1 fully saturated rings. The minimum atomic E-state index is -0.173. The molecule has 0 saturated carbocycles. The van der Waals surface area contributed by atoms with E-state index in [0.717, 1.165) is 53.9 Å². The predicted octanol–water partition coefficient (Wildman–Crippen LogP) is 4.74. The highest BCUT2D eigenvalue weighted by Crippen LogP contribution is 2.20. The smallest absolute Gasteiger partial charge is 0.267 e. The van der Waals surface area contributed by atoms with Crippen LogP contribution in [0.25, 0.3) is 17.0 Å². The Hall–Kier alpha value is -4.23. The molecule has 2 heterocycles. The van der Waals surface area contributed by atoms with Crippen molar-refractivity contribution < 1.29 is 4.74 Å². The molecule has 1 aliphatic rings. The zero-order chi connectivity index (χ0) is 26.9. The van der Waals surface area contributed by atoms with E-state index in [1.165, 1.54) is 10.7 Å². The maximum atomic E-state index is 12.6. The van der Waals surface area contributed by atoms with Crippen LogP contribution in [-0.4, -0.2) is 35.2 Å². The van der Waals surface area contributed by atoms with Crippen molar-refractivity contribution in [3.63, 3.8) is 0 Å². The van der Waals surface area contributed by atoms with E-state index in [1.54, 1.807) is 18.3 Å². The average Bonchev–Trinajstić information content (AvgIpc) is 2.95. The second-order valence-electron chi connectivity index (χ2n) is 9.48. The van der Waals surface area contributed by atoms with Gasteiger partial charge in [-0.3, -0.25) is 9.79 Å². The van der Waals surface area contributed by atoms with Crippen LogP contribution >= 0.6 is 0 Å². The third kappa shape index (κ3) is 7.17. The van der Waals surface area contributed by atoms with E-state index in [-0.39, 0.29) is 5.56 Å². The van der Waals surface area contributed by atoms with Crippen molar-refractivity contribution in [1.82, 2.24) is 15.1 Å². The van der Waals surface area contributed by atoms with E-state index in [4.69, 9.17) is 10.5 Å². The number of hydrogen-bond acceptors (Lipinski definition) is 6. The van der Waals surface area contributed by atoms with Gasteiger partial charge in [0.05, 0.1) is 25.0 Å². The molecule has 2 aromatic carbocycles. The van der Waals surface area contributed by atoms with Crippen LogP contribution in [0.4, 0.5) is 0 Å². The second-order valence-corrected chi connectivity index (χ2v) is 9.48. The second kappa shape index (κ2) is 12.8. The van der Waals surface area contributed by atoms with Gasteiger partial charge in [0.1, 0.15) is 5.76 Å². The molecule has 1 aliphatic heterocycles. The summed E-state index contributed by atoms with van der Waals surface area (Å²) in [6, 6.07) is 18.9. The minimum Gasteiger partial charge on any atom is -0.492 e. The third-order valence-electron chi connectivity index (χ3n) is 6.60. The molecule has 7 nitrogen and oxygen atoms in total. The lowest BCUT2D eigenvalue weighted by Crippen LogP contribution is -2.29. The maximum absolute atomic E-state index is 12.6. The normalized spacial score (nSPS) is 14.8. The van der Waals surface area contributed by atoms with Gasteiger partial charge in [0.15, 0.2) is 0 Å². The summed E-state index contributed by atoms with van der Waals surface area (Å²) >= 11 is 0. The van der Waals surface area contributed by atoms with Crippen LogP contribution < -0.4 is 16.6 Å². The van der Waals surface area contributed by atoms with Crippen molar-refractivity contribution in [2.75, 3.05) is 19.7 Å². The lowest BCUT2D eigenvalue weighted by molar-refractivity contribution is 0.154. The lowest BCUT2D eigenvalue weighted by Gasteiger charge is -2.22. The van der Waals surface area contributed by atoms with Crippen molar-refractivity contribution >= 4 is 11.4 Å². The number of nitrogens with zero attached hydrogens (tertiary/aromatic N) is 3. The Balaban J connectivity index is 1.48. The van der Waals surface area contributed by atoms with Gasteiger partial charge in [-0.25, -0.2) is 4.68 Å². The summed E-state index contributed by atoms with van der Waals surface area (Å²) in [6.07, 6.45) is 5.65. The topological polar surface area (TPSA) is 94.5 Å². The Morgan fingerprint density at radius 2 is 1.92 bits per heavy atom. The van der Waals surface area contributed by atoms with Crippen molar-refractivity contribution in [3.05, 3.63) is 119 Å². The first kappa shape index (κ1) is 26.8. The number of nitrogens with one attached hydrogen (secondary N) is 1.